The van der Waals surface area contributed by atoms with E-state index >= 15 is 0 Å². The second-order valence-electron chi connectivity index (χ2n) is 2.38. The molecule has 0 bridgehead atoms. The molecule has 1 N–H and O–H groups in total. The van der Waals surface area contributed by atoms with E-state index in [1.54, 1.807) is 13.3 Å². The van der Waals surface area contributed by atoms with Gasteiger partial charge in [-0.05, 0) is 13.8 Å². The number of aromatic nitrogens is 2. The average Bonchev–Trinajstić information content (AvgIpc) is 2.30. The Labute approximate surface area is 70.6 Å². The van der Waals surface area contributed by atoms with Crippen LogP contribution in [0.1, 0.15) is 25.6 Å². The number of aliphatic hydroxyl groups excluding tert-OH is 1. The Hall–Kier alpha value is -0.540. The van der Waals surface area contributed by atoms with Crippen molar-refractivity contribution >= 4 is 11.6 Å². The number of imidazole rings is 1. The lowest BCUT2D eigenvalue weighted by Crippen LogP contribution is -2.02. The lowest BCUT2D eigenvalue weighted by molar-refractivity contribution is 0.189. The molecule has 1 heterocycles. The van der Waals surface area contributed by atoms with E-state index < -0.39 is 6.10 Å². The molecule has 0 radical (unpaired) electrons. The van der Waals surface area contributed by atoms with E-state index in [9.17, 15) is 5.11 Å². The topological polar surface area (TPSA) is 38.0 Å². The molecule has 0 saturated carbocycles. The van der Waals surface area contributed by atoms with Gasteiger partial charge in [0.25, 0.3) is 0 Å². The van der Waals surface area contributed by atoms with Crippen LogP contribution in [0.3, 0.4) is 0 Å². The van der Waals surface area contributed by atoms with E-state index in [1.807, 2.05) is 11.5 Å². The maximum Gasteiger partial charge on any atom is 0.152 e. The molecule has 0 spiro atoms. The Morgan fingerprint density at radius 1 is 1.82 bits per heavy atom. The summed E-state index contributed by atoms with van der Waals surface area (Å²) in [7, 11) is 0. The predicted molar refractivity (Wildman–Crippen MR) is 43.5 cm³/mol. The highest BCUT2D eigenvalue weighted by Gasteiger charge is 2.12. The molecule has 4 heteroatoms. The van der Waals surface area contributed by atoms with E-state index in [0.29, 0.717) is 10.8 Å². The molecule has 0 unspecified atom stereocenters. The predicted octanol–water partition coefficient (Wildman–Crippen LogP) is 1.61. The summed E-state index contributed by atoms with van der Waals surface area (Å²) in [6.07, 6.45) is 1.08. The van der Waals surface area contributed by atoms with Crippen LogP contribution in [0.2, 0.25) is 5.15 Å². The second kappa shape index (κ2) is 3.24. The zero-order valence-electron chi connectivity index (χ0n) is 6.58. The Kier molecular flexibility index (Phi) is 2.52. The van der Waals surface area contributed by atoms with Gasteiger partial charge in [0.05, 0.1) is 18.1 Å². The number of nitrogens with zero attached hydrogens (tertiary/aromatic N) is 2. The van der Waals surface area contributed by atoms with Crippen LogP contribution < -0.4 is 0 Å². The number of halogens is 1. The van der Waals surface area contributed by atoms with Crippen molar-refractivity contribution < 1.29 is 5.11 Å². The average molecular weight is 175 g/mol. The van der Waals surface area contributed by atoms with Crippen molar-refractivity contribution in [3.05, 3.63) is 17.2 Å². The van der Waals surface area contributed by atoms with Crippen molar-refractivity contribution in [1.29, 1.82) is 0 Å². The molecule has 0 amide bonds. The first-order valence-electron chi connectivity index (χ1n) is 3.55. The van der Waals surface area contributed by atoms with Gasteiger partial charge < -0.3 is 9.67 Å². The van der Waals surface area contributed by atoms with E-state index in [0.717, 1.165) is 6.54 Å². The molecule has 1 aromatic heterocycles. The highest BCUT2D eigenvalue weighted by atomic mass is 35.5. The zero-order valence-corrected chi connectivity index (χ0v) is 7.34. The van der Waals surface area contributed by atoms with Crippen molar-refractivity contribution in [3.63, 3.8) is 0 Å². The first-order chi connectivity index (χ1) is 5.16. The van der Waals surface area contributed by atoms with Crippen molar-refractivity contribution in [3.8, 4) is 0 Å². The first-order valence-corrected chi connectivity index (χ1v) is 3.93. The largest absolute Gasteiger partial charge is 0.387 e. The molecule has 11 heavy (non-hydrogen) atoms. The molecule has 1 rings (SSSR count). The lowest BCUT2D eigenvalue weighted by Gasteiger charge is -2.07. The smallest absolute Gasteiger partial charge is 0.152 e. The van der Waals surface area contributed by atoms with Gasteiger partial charge in [-0.1, -0.05) is 11.6 Å². The number of hydrogen-bond donors (Lipinski definition) is 1. The summed E-state index contributed by atoms with van der Waals surface area (Å²) in [5.41, 5.74) is 0.689. The van der Waals surface area contributed by atoms with Crippen molar-refractivity contribution in [1.82, 2.24) is 9.55 Å². The number of aliphatic hydroxyl groups is 1. The van der Waals surface area contributed by atoms with Gasteiger partial charge in [0.15, 0.2) is 5.15 Å². The summed E-state index contributed by atoms with van der Waals surface area (Å²) in [6, 6.07) is 0. The minimum Gasteiger partial charge on any atom is -0.387 e. The molecule has 0 aliphatic heterocycles. The van der Waals surface area contributed by atoms with E-state index in [1.165, 1.54) is 0 Å². The molecule has 0 aliphatic carbocycles. The third kappa shape index (κ3) is 1.54. The minimum absolute atomic E-state index is 0.391. The molecule has 1 atom stereocenters. The van der Waals surface area contributed by atoms with Gasteiger partial charge in [-0.2, -0.15) is 0 Å². The fourth-order valence-electron chi connectivity index (χ4n) is 1.03. The van der Waals surface area contributed by atoms with Gasteiger partial charge in [-0.15, -0.1) is 0 Å². The van der Waals surface area contributed by atoms with Crippen LogP contribution in [0.25, 0.3) is 0 Å². The third-order valence-corrected chi connectivity index (χ3v) is 1.86. The van der Waals surface area contributed by atoms with Crippen molar-refractivity contribution in [2.24, 2.45) is 0 Å². The lowest BCUT2D eigenvalue weighted by atomic mass is 10.3. The van der Waals surface area contributed by atoms with Gasteiger partial charge in [0.1, 0.15) is 0 Å². The van der Waals surface area contributed by atoms with Crippen molar-refractivity contribution in [2.45, 2.75) is 26.5 Å². The zero-order chi connectivity index (χ0) is 8.43. The SMILES string of the molecule is CCn1cnc(Cl)c1[C@H](C)O. The molecule has 62 valence electrons. The Bertz CT molecular complexity index is 245. The van der Waals surface area contributed by atoms with Crippen LogP contribution in [0.5, 0.6) is 0 Å². The summed E-state index contributed by atoms with van der Waals surface area (Å²) in [5, 5.41) is 9.65. The third-order valence-electron chi connectivity index (χ3n) is 1.57. The summed E-state index contributed by atoms with van der Waals surface area (Å²) in [6.45, 7) is 4.43. The maximum atomic E-state index is 9.26. The summed E-state index contributed by atoms with van der Waals surface area (Å²) in [4.78, 5) is 3.88. The van der Waals surface area contributed by atoms with Gasteiger partial charge in [0, 0.05) is 6.54 Å². The summed E-state index contributed by atoms with van der Waals surface area (Å²) >= 11 is 5.73. The van der Waals surface area contributed by atoms with E-state index in [-0.39, 0.29) is 0 Å². The summed E-state index contributed by atoms with van der Waals surface area (Å²) < 4.78 is 1.83. The van der Waals surface area contributed by atoms with Crippen LogP contribution in [0.4, 0.5) is 0 Å². The Morgan fingerprint density at radius 2 is 2.45 bits per heavy atom. The number of hydrogen-bond acceptors (Lipinski definition) is 2. The van der Waals surface area contributed by atoms with Crippen LogP contribution in [0.15, 0.2) is 6.33 Å². The Morgan fingerprint density at radius 3 is 2.82 bits per heavy atom. The Balaban J connectivity index is 3.07. The second-order valence-corrected chi connectivity index (χ2v) is 2.74. The molecule has 0 fully saturated rings. The normalized spacial score (nSPS) is 13.5. The monoisotopic (exact) mass is 174 g/mol. The quantitative estimate of drug-likeness (QED) is 0.740. The highest BCUT2D eigenvalue weighted by Crippen LogP contribution is 2.20. The fourth-order valence-corrected chi connectivity index (χ4v) is 1.34. The van der Waals surface area contributed by atoms with E-state index in [2.05, 4.69) is 4.98 Å². The molecule has 0 saturated heterocycles. The first kappa shape index (κ1) is 8.56. The number of aryl methyl sites for hydroxylation is 1. The highest BCUT2D eigenvalue weighted by molar-refractivity contribution is 6.30. The number of rotatable bonds is 2. The van der Waals surface area contributed by atoms with Gasteiger partial charge >= 0.3 is 0 Å². The molecule has 1 aromatic rings. The van der Waals surface area contributed by atoms with Crippen LogP contribution in [-0.2, 0) is 6.54 Å². The fraction of sp³-hybridized carbons (Fsp3) is 0.571. The van der Waals surface area contributed by atoms with Gasteiger partial charge in [-0.3, -0.25) is 0 Å². The molecular formula is C7H11ClN2O. The maximum absolute atomic E-state index is 9.26. The van der Waals surface area contributed by atoms with Crippen LogP contribution >= 0.6 is 11.6 Å². The molecule has 0 aliphatic rings. The molecule has 3 nitrogen and oxygen atoms in total. The minimum atomic E-state index is -0.551. The molecule has 0 aromatic carbocycles. The van der Waals surface area contributed by atoms with E-state index in [4.69, 9.17) is 11.6 Å². The summed E-state index contributed by atoms with van der Waals surface area (Å²) in [5.74, 6) is 0. The van der Waals surface area contributed by atoms with Gasteiger partial charge in [0.2, 0.25) is 0 Å². The van der Waals surface area contributed by atoms with Crippen molar-refractivity contribution in [2.75, 3.05) is 0 Å². The standard InChI is InChI=1S/C7H11ClN2O/c1-3-10-4-9-7(8)6(10)5(2)11/h4-5,11H,3H2,1-2H3/t5-/m0/s1. The van der Waals surface area contributed by atoms with Gasteiger partial charge in [-0.25, -0.2) is 4.98 Å². The van der Waals surface area contributed by atoms with Crippen LogP contribution in [0, 0.1) is 0 Å². The molecular weight excluding hydrogens is 164 g/mol. The van der Waals surface area contributed by atoms with Crippen LogP contribution in [-0.4, -0.2) is 14.7 Å².